The zero-order valence-electron chi connectivity index (χ0n) is 11.2. The van der Waals surface area contributed by atoms with Crippen molar-refractivity contribution in [1.82, 2.24) is 0 Å². The van der Waals surface area contributed by atoms with Crippen LogP contribution in [0, 0.1) is 0 Å². The van der Waals surface area contributed by atoms with E-state index in [1.165, 1.54) is 0 Å². The lowest BCUT2D eigenvalue weighted by atomic mass is 10.0. The lowest BCUT2D eigenvalue weighted by molar-refractivity contribution is 0.299. The highest BCUT2D eigenvalue weighted by molar-refractivity contribution is 5.85. The van der Waals surface area contributed by atoms with Gasteiger partial charge in [0.05, 0.1) is 6.67 Å². The number of rotatable bonds is 6. The van der Waals surface area contributed by atoms with Crippen LogP contribution in [0.15, 0.2) is 54.6 Å². The van der Waals surface area contributed by atoms with Crippen molar-refractivity contribution in [3.05, 3.63) is 65.7 Å². The molecular formula is C16H19ClFNO. The fourth-order valence-electron chi connectivity index (χ4n) is 1.93. The molecule has 0 aliphatic heterocycles. The summed E-state index contributed by atoms with van der Waals surface area (Å²) in [5.41, 5.74) is 7.91. The van der Waals surface area contributed by atoms with Crippen LogP contribution in [0.25, 0.3) is 0 Å². The number of hydrogen-bond donors (Lipinski definition) is 1. The lowest BCUT2D eigenvalue weighted by Gasteiger charge is -2.16. The number of halogens is 2. The van der Waals surface area contributed by atoms with Gasteiger partial charge < -0.3 is 10.5 Å². The Balaban J connectivity index is 0.00000200. The van der Waals surface area contributed by atoms with Crippen molar-refractivity contribution in [2.75, 3.05) is 6.67 Å². The van der Waals surface area contributed by atoms with Crippen molar-refractivity contribution in [3.63, 3.8) is 0 Å². The van der Waals surface area contributed by atoms with E-state index in [2.05, 4.69) is 0 Å². The zero-order valence-corrected chi connectivity index (χ0v) is 12.0. The molecule has 0 bridgehead atoms. The van der Waals surface area contributed by atoms with E-state index in [0.29, 0.717) is 13.0 Å². The average Bonchev–Trinajstić information content (AvgIpc) is 2.47. The number of hydrogen-bond acceptors (Lipinski definition) is 2. The van der Waals surface area contributed by atoms with Crippen molar-refractivity contribution >= 4 is 12.4 Å². The maximum Gasteiger partial charge on any atom is 0.124 e. The molecule has 2 nitrogen and oxygen atoms in total. The lowest BCUT2D eigenvalue weighted by Crippen LogP contribution is -2.12. The number of para-hydroxylation sites is 1. The minimum Gasteiger partial charge on any atom is -0.489 e. The molecule has 2 N–H and O–H groups in total. The quantitative estimate of drug-likeness (QED) is 0.872. The van der Waals surface area contributed by atoms with Gasteiger partial charge in [0.2, 0.25) is 0 Å². The molecule has 0 aromatic heterocycles. The molecule has 4 heteroatoms. The van der Waals surface area contributed by atoms with E-state index >= 15 is 0 Å². The minimum atomic E-state index is -0.422. The van der Waals surface area contributed by atoms with E-state index in [1.54, 1.807) is 0 Å². The smallest absolute Gasteiger partial charge is 0.124 e. The van der Waals surface area contributed by atoms with Gasteiger partial charge >= 0.3 is 0 Å². The van der Waals surface area contributed by atoms with Crippen LogP contribution < -0.4 is 10.5 Å². The van der Waals surface area contributed by atoms with E-state index < -0.39 is 6.67 Å². The maximum absolute atomic E-state index is 12.4. The fourth-order valence-corrected chi connectivity index (χ4v) is 1.93. The molecule has 0 heterocycles. The van der Waals surface area contributed by atoms with Gasteiger partial charge in [0.15, 0.2) is 0 Å². The Morgan fingerprint density at radius 2 is 1.65 bits per heavy atom. The van der Waals surface area contributed by atoms with Crippen molar-refractivity contribution in [1.29, 1.82) is 0 Å². The Labute approximate surface area is 125 Å². The van der Waals surface area contributed by atoms with Gasteiger partial charge in [-0.1, -0.05) is 48.5 Å². The van der Waals surface area contributed by atoms with Gasteiger partial charge in [0.25, 0.3) is 0 Å². The topological polar surface area (TPSA) is 35.2 Å². The number of alkyl halides is 1. The van der Waals surface area contributed by atoms with Crippen LogP contribution >= 0.6 is 12.4 Å². The third kappa shape index (κ3) is 4.51. The van der Waals surface area contributed by atoms with E-state index in [0.717, 1.165) is 16.9 Å². The molecular weight excluding hydrogens is 277 g/mol. The van der Waals surface area contributed by atoms with Crippen LogP contribution in [0.2, 0.25) is 0 Å². The summed E-state index contributed by atoms with van der Waals surface area (Å²) in [5, 5.41) is 0. The molecule has 0 saturated heterocycles. The van der Waals surface area contributed by atoms with Gasteiger partial charge in [-0.3, -0.25) is 4.39 Å². The van der Waals surface area contributed by atoms with E-state index in [9.17, 15) is 4.39 Å². The van der Waals surface area contributed by atoms with E-state index in [-0.39, 0.29) is 18.4 Å². The summed E-state index contributed by atoms with van der Waals surface area (Å²) in [6.45, 7) is 0.0639. The Hall–Kier alpha value is -1.58. The van der Waals surface area contributed by atoms with Crippen LogP contribution in [-0.4, -0.2) is 6.67 Å². The molecule has 0 aliphatic carbocycles. The van der Waals surface area contributed by atoms with E-state index in [4.69, 9.17) is 10.5 Å². The first-order valence-electron chi connectivity index (χ1n) is 6.38. The van der Waals surface area contributed by atoms with Gasteiger partial charge in [-0.2, -0.15) is 0 Å². The van der Waals surface area contributed by atoms with E-state index in [1.807, 2.05) is 54.6 Å². The molecule has 20 heavy (non-hydrogen) atoms. The van der Waals surface area contributed by atoms with Gasteiger partial charge in [-0.05, 0) is 18.1 Å². The van der Waals surface area contributed by atoms with Gasteiger partial charge in [0.1, 0.15) is 12.4 Å². The maximum atomic E-state index is 12.4. The van der Waals surface area contributed by atoms with Gasteiger partial charge in [-0.15, -0.1) is 12.4 Å². The summed E-state index contributed by atoms with van der Waals surface area (Å²) in [5.74, 6) is 0.729. The Kier molecular flexibility index (Phi) is 7.05. The number of ether oxygens (including phenoxy) is 1. The molecule has 0 amide bonds. The third-order valence-corrected chi connectivity index (χ3v) is 2.98. The summed E-state index contributed by atoms with van der Waals surface area (Å²) in [6, 6.07) is 17.1. The third-order valence-electron chi connectivity index (χ3n) is 2.98. The highest BCUT2D eigenvalue weighted by atomic mass is 35.5. The molecule has 0 spiro atoms. The SMILES string of the molecule is Cl.N[C@@H](CCF)c1ccccc1OCc1ccccc1. The summed E-state index contributed by atoms with van der Waals surface area (Å²) < 4.78 is 18.2. The van der Waals surface area contributed by atoms with Crippen LogP contribution in [0.4, 0.5) is 4.39 Å². The van der Waals surface area contributed by atoms with Crippen molar-refractivity contribution in [3.8, 4) is 5.75 Å². The molecule has 0 saturated carbocycles. The van der Waals surface area contributed by atoms with Crippen molar-refractivity contribution < 1.29 is 9.13 Å². The van der Waals surface area contributed by atoms with Crippen molar-refractivity contribution in [2.45, 2.75) is 19.1 Å². The zero-order chi connectivity index (χ0) is 13.5. The Morgan fingerprint density at radius 1 is 1.00 bits per heavy atom. The molecule has 1 atom stereocenters. The highest BCUT2D eigenvalue weighted by Gasteiger charge is 2.11. The highest BCUT2D eigenvalue weighted by Crippen LogP contribution is 2.26. The fraction of sp³-hybridized carbons (Fsp3) is 0.250. The van der Waals surface area contributed by atoms with Crippen molar-refractivity contribution in [2.24, 2.45) is 5.73 Å². The molecule has 0 fully saturated rings. The Morgan fingerprint density at radius 3 is 2.35 bits per heavy atom. The normalized spacial score (nSPS) is 11.5. The first kappa shape index (κ1) is 16.5. The summed E-state index contributed by atoms with van der Waals surface area (Å²) in [4.78, 5) is 0. The first-order valence-corrected chi connectivity index (χ1v) is 6.38. The predicted octanol–water partition coefficient (Wildman–Crippen LogP) is 4.05. The molecule has 2 aromatic rings. The largest absolute Gasteiger partial charge is 0.489 e. The molecule has 2 aromatic carbocycles. The molecule has 108 valence electrons. The second-order valence-corrected chi connectivity index (χ2v) is 4.40. The summed E-state index contributed by atoms with van der Waals surface area (Å²) in [7, 11) is 0. The standard InChI is InChI=1S/C16H18FNO.ClH/c17-11-10-15(18)14-8-4-5-9-16(14)19-12-13-6-2-1-3-7-13;/h1-9,15H,10-12,18H2;1H/t15-;/m0./s1. The summed E-state index contributed by atoms with van der Waals surface area (Å²) in [6.07, 6.45) is 0.311. The molecule has 0 aliphatic rings. The van der Waals surface area contributed by atoms with Crippen LogP contribution in [0.5, 0.6) is 5.75 Å². The second kappa shape index (κ2) is 8.56. The first-order chi connectivity index (χ1) is 9.31. The number of nitrogens with two attached hydrogens (primary N) is 1. The average molecular weight is 296 g/mol. The minimum absolute atomic E-state index is 0. The predicted molar refractivity (Wildman–Crippen MR) is 82.0 cm³/mol. The summed E-state index contributed by atoms with van der Waals surface area (Å²) >= 11 is 0. The molecule has 2 rings (SSSR count). The van der Waals surface area contributed by atoms with Crippen LogP contribution in [0.1, 0.15) is 23.6 Å². The van der Waals surface area contributed by atoms with Crippen LogP contribution in [-0.2, 0) is 6.61 Å². The molecule has 0 unspecified atom stereocenters. The monoisotopic (exact) mass is 295 g/mol. The van der Waals surface area contributed by atoms with Crippen LogP contribution in [0.3, 0.4) is 0 Å². The number of benzene rings is 2. The van der Waals surface area contributed by atoms with Gasteiger partial charge in [0, 0.05) is 11.6 Å². The molecule has 0 radical (unpaired) electrons. The second-order valence-electron chi connectivity index (χ2n) is 4.40. The Bertz CT molecular complexity index is 507. The van der Waals surface area contributed by atoms with Gasteiger partial charge in [-0.25, -0.2) is 0 Å².